The van der Waals surface area contributed by atoms with Gasteiger partial charge >= 0.3 is 6.09 Å². The van der Waals surface area contributed by atoms with Gasteiger partial charge in [-0.1, -0.05) is 24.3 Å². The molecule has 0 saturated heterocycles. The van der Waals surface area contributed by atoms with Crippen LogP contribution < -0.4 is 4.31 Å². The first-order chi connectivity index (χ1) is 20.4. The van der Waals surface area contributed by atoms with Crippen LogP contribution in [0.2, 0.25) is 0 Å². The molecule has 0 aliphatic carbocycles. The monoisotopic (exact) mass is 606 g/mol. The van der Waals surface area contributed by atoms with Gasteiger partial charge in [0.1, 0.15) is 11.4 Å². The summed E-state index contributed by atoms with van der Waals surface area (Å²) in [4.78, 5) is 29.4. The predicted molar refractivity (Wildman–Crippen MR) is 166 cm³/mol. The number of phenols is 1. The third-order valence-electron chi connectivity index (χ3n) is 6.65. The lowest BCUT2D eigenvalue weighted by Crippen LogP contribution is -2.42. The van der Waals surface area contributed by atoms with E-state index in [-0.39, 0.29) is 24.5 Å². The van der Waals surface area contributed by atoms with Crippen molar-refractivity contribution >= 4 is 39.5 Å². The maximum absolute atomic E-state index is 13.2. The molecule has 12 heteroatoms. The van der Waals surface area contributed by atoms with Crippen LogP contribution >= 0.6 is 0 Å². The van der Waals surface area contributed by atoms with Crippen molar-refractivity contribution in [2.45, 2.75) is 39.2 Å². The normalized spacial score (nSPS) is 12.1. The highest BCUT2D eigenvalue weighted by Crippen LogP contribution is 2.34. The van der Waals surface area contributed by atoms with Gasteiger partial charge in [-0.15, -0.1) is 0 Å². The fraction of sp³-hybridized carbons (Fsp3) is 0.290. The van der Waals surface area contributed by atoms with E-state index >= 15 is 0 Å². The number of nitro groups is 1. The molecule has 3 aromatic carbocycles. The van der Waals surface area contributed by atoms with E-state index in [0.29, 0.717) is 30.5 Å². The molecular formula is C31H34N4O7S. The predicted octanol–water partition coefficient (Wildman–Crippen LogP) is 6.33. The molecule has 2 N–H and O–H groups in total. The van der Waals surface area contributed by atoms with Gasteiger partial charge in [0.25, 0.3) is 17.0 Å². The minimum Gasteiger partial charge on any atom is -0.508 e. The van der Waals surface area contributed by atoms with Crippen molar-refractivity contribution in [3.63, 3.8) is 0 Å². The summed E-state index contributed by atoms with van der Waals surface area (Å²) in [6, 6.07) is 18.4. The Morgan fingerprint density at radius 3 is 2.33 bits per heavy atom. The molecule has 226 valence electrons. The number of hydrogen-bond donors (Lipinski definition) is 2. The van der Waals surface area contributed by atoms with Crippen LogP contribution in [0.3, 0.4) is 0 Å². The number of non-ortho nitro benzene ring substituents is 1. The van der Waals surface area contributed by atoms with Crippen LogP contribution in [0.15, 0.2) is 79.1 Å². The zero-order valence-electron chi connectivity index (χ0n) is 24.2. The largest absolute Gasteiger partial charge is 0.508 e. The van der Waals surface area contributed by atoms with Gasteiger partial charge in [-0.2, -0.15) is 0 Å². The van der Waals surface area contributed by atoms with Crippen molar-refractivity contribution in [2.75, 3.05) is 23.9 Å². The molecule has 4 rings (SSSR count). The van der Waals surface area contributed by atoms with Crippen LogP contribution in [-0.2, 0) is 22.4 Å². The maximum Gasteiger partial charge on any atom is 0.410 e. The zero-order chi connectivity index (χ0) is 31.1. The second kappa shape index (κ2) is 13.6. The molecule has 0 saturated carbocycles. The average Bonchev–Trinajstić information content (AvgIpc) is 2.95. The molecule has 1 heterocycles. The average molecular weight is 607 g/mol. The molecule has 1 atom stereocenters. The number of aromatic hydroxyl groups is 1. The van der Waals surface area contributed by atoms with Crippen LogP contribution in [0.25, 0.3) is 21.9 Å². The Balaban J connectivity index is 1.58. The number of aryl methyl sites for hydroxylation is 1. The molecule has 1 aromatic heterocycles. The number of carbonyl (C=O) groups excluding carboxylic acids is 1. The Hall–Kier alpha value is -4.55. The Labute approximate surface area is 252 Å². The Morgan fingerprint density at radius 1 is 1.00 bits per heavy atom. The molecule has 0 bridgehead atoms. The van der Waals surface area contributed by atoms with Crippen LogP contribution in [0.1, 0.15) is 32.8 Å². The van der Waals surface area contributed by atoms with E-state index in [1.54, 1.807) is 81.7 Å². The SMILES string of the molecule is CC(C)(C)OC(=O)N(CCCc1ccc([N+](=O)[O-])cc1)CCN(c1cc(-c2ccc(O)cc2)cc2cnccc12)S(=O)O. The minimum atomic E-state index is -2.43. The van der Waals surface area contributed by atoms with Gasteiger partial charge in [0.05, 0.1) is 17.2 Å². The Morgan fingerprint density at radius 2 is 1.70 bits per heavy atom. The number of nitrogens with zero attached hydrogens (tertiary/aromatic N) is 4. The molecule has 0 aliphatic rings. The van der Waals surface area contributed by atoms with Crippen molar-refractivity contribution in [3.8, 4) is 16.9 Å². The first kappa shape index (κ1) is 31.4. The lowest BCUT2D eigenvalue weighted by Gasteiger charge is -2.30. The molecule has 0 spiro atoms. The summed E-state index contributed by atoms with van der Waals surface area (Å²) in [5.74, 6) is 0.125. The van der Waals surface area contributed by atoms with Gasteiger partial charge in [0.2, 0.25) is 0 Å². The summed E-state index contributed by atoms with van der Waals surface area (Å²) in [5.41, 5.74) is 2.20. The molecule has 1 amide bonds. The first-order valence-corrected chi connectivity index (χ1v) is 14.7. The number of ether oxygens (including phenoxy) is 1. The number of rotatable bonds is 11. The van der Waals surface area contributed by atoms with Crippen molar-refractivity contribution in [2.24, 2.45) is 0 Å². The molecule has 43 heavy (non-hydrogen) atoms. The van der Waals surface area contributed by atoms with E-state index in [1.165, 1.54) is 21.3 Å². The van der Waals surface area contributed by atoms with Crippen LogP contribution in [0.5, 0.6) is 5.75 Å². The van der Waals surface area contributed by atoms with Crippen LogP contribution in [0.4, 0.5) is 16.2 Å². The number of benzene rings is 3. The number of hydrogen-bond acceptors (Lipinski definition) is 7. The van der Waals surface area contributed by atoms with E-state index in [2.05, 4.69) is 4.98 Å². The molecule has 4 aromatic rings. The third-order valence-corrected chi connectivity index (χ3v) is 7.41. The Bertz CT molecular complexity index is 1610. The molecular weight excluding hydrogens is 572 g/mol. The van der Waals surface area contributed by atoms with Crippen LogP contribution in [0, 0.1) is 10.1 Å². The minimum absolute atomic E-state index is 0.00835. The van der Waals surface area contributed by atoms with Crippen molar-refractivity contribution in [1.82, 2.24) is 9.88 Å². The van der Waals surface area contributed by atoms with Gasteiger partial charge in [0.15, 0.2) is 0 Å². The second-order valence-corrected chi connectivity index (χ2v) is 11.9. The molecule has 0 fully saturated rings. The summed E-state index contributed by atoms with van der Waals surface area (Å²) < 4.78 is 30.1. The number of fused-ring (bicyclic) bond motifs is 1. The number of nitro benzene ring substituents is 1. The molecule has 11 nitrogen and oxygen atoms in total. The summed E-state index contributed by atoms with van der Waals surface area (Å²) in [6.07, 6.45) is 3.85. The third kappa shape index (κ3) is 8.49. The fourth-order valence-electron chi connectivity index (χ4n) is 4.59. The molecule has 1 unspecified atom stereocenters. The zero-order valence-corrected chi connectivity index (χ0v) is 25.0. The van der Waals surface area contributed by atoms with Gasteiger partial charge in [-0.3, -0.25) is 24.0 Å². The van der Waals surface area contributed by atoms with Crippen molar-refractivity contribution in [3.05, 3.63) is 94.8 Å². The topological polar surface area (TPSA) is 146 Å². The quantitative estimate of drug-likeness (QED) is 0.114. The highest BCUT2D eigenvalue weighted by atomic mass is 32.2. The van der Waals surface area contributed by atoms with E-state index in [0.717, 1.165) is 22.1 Å². The number of anilines is 1. The van der Waals surface area contributed by atoms with Gasteiger partial charge in [-0.25, -0.2) is 9.00 Å². The van der Waals surface area contributed by atoms with Gasteiger partial charge in [0, 0.05) is 48.4 Å². The lowest BCUT2D eigenvalue weighted by molar-refractivity contribution is -0.384. The van der Waals surface area contributed by atoms with Crippen molar-refractivity contribution in [1.29, 1.82) is 0 Å². The van der Waals surface area contributed by atoms with Gasteiger partial charge < -0.3 is 14.7 Å². The lowest BCUT2D eigenvalue weighted by atomic mass is 10.0. The van der Waals surface area contributed by atoms with Gasteiger partial charge in [-0.05, 0) is 80.6 Å². The summed E-state index contributed by atoms with van der Waals surface area (Å²) in [7, 11) is 0. The van der Waals surface area contributed by atoms with E-state index in [9.17, 15) is 28.8 Å². The fourth-order valence-corrected chi connectivity index (χ4v) is 5.15. The molecule has 0 aliphatic heterocycles. The molecule has 0 radical (unpaired) electrons. The summed E-state index contributed by atoms with van der Waals surface area (Å²) in [5, 5.41) is 22.1. The number of pyridine rings is 1. The first-order valence-electron chi connectivity index (χ1n) is 13.7. The maximum atomic E-state index is 13.2. The van der Waals surface area contributed by atoms with E-state index < -0.39 is 27.9 Å². The number of phenolic OH excluding ortho intramolecular Hbond substituents is 1. The Kier molecular flexibility index (Phi) is 9.94. The van der Waals surface area contributed by atoms with Crippen molar-refractivity contribution < 1.29 is 28.3 Å². The second-order valence-electron chi connectivity index (χ2n) is 11.0. The summed E-state index contributed by atoms with van der Waals surface area (Å²) >= 11 is -2.43. The number of aromatic nitrogens is 1. The standard InChI is InChI=1S/C31H34N4O7S/c1-31(2,3)42-30(37)33(16-4-5-22-6-10-26(11-7-22)35(38)39)17-18-34(43(40)41)29-20-24(23-8-12-27(36)13-9-23)19-25-21-32-15-14-28(25)29/h6-15,19-21,36H,4-5,16-18H2,1-3H3,(H,40,41). The van der Waals surface area contributed by atoms with E-state index in [4.69, 9.17) is 4.74 Å². The highest BCUT2D eigenvalue weighted by molar-refractivity contribution is 7.80. The summed E-state index contributed by atoms with van der Waals surface area (Å²) in [6.45, 7) is 5.72. The smallest absolute Gasteiger partial charge is 0.410 e. The number of amides is 1. The highest BCUT2D eigenvalue weighted by Gasteiger charge is 2.24. The van der Waals surface area contributed by atoms with Crippen LogP contribution in [-0.4, -0.2) is 60.0 Å². The van der Waals surface area contributed by atoms with E-state index in [1.807, 2.05) is 6.07 Å². The number of carbonyl (C=O) groups is 1.